The van der Waals surface area contributed by atoms with Gasteiger partial charge in [-0.1, -0.05) is 30.3 Å². The van der Waals surface area contributed by atoms with Crippen LogP contribution in [0, 0.1) is 0 Å². The average Bonchev–Trinajstić information content (AvgIpc) is 2.53. The quantitative estimate of drug-likeness (QED) is 0.904. The van der Waals surface area contributed by atoms with E-state index in [-0.39, 0.29) is 24.3 Å². The van der Waals surface area contributed by atoms with Crippen molar-refractivity contribution in [3.8, 4) is 5.75 Å². The summed E-state index contributed by atoms with van der Waals surface area (Å²) in [5.74, 6) is -0.137. The number of benzene rings is 2. The average molecular weight is 323 g/mol. The monoisotopic (exact) mass is 323 g/mol. The fourth-order valence-corrected chi connectivity index (χ4v) is 2.00. The number of ether oxygens (including phenoxy) is 1. The summed E-state index contributed by atoms with van der Waals surface area (Å²) < 4.78 is 42.5. The van der Waals surface area contributed by atoms with Gasteiger partial charge in [-0.2, -0.15) is 13.2 Å². The Hall–Kier alpha value is -2.50. The van der Waals surface area contributed by atoms with Crippen LogP contribution in [0.1, 0.15) is 24.1 Å². The van der Waals surface area contributed by atoms with Crippen LogP contribution < -0.4 is 10.1 Å². The topological polar surface area (TPSA) is 38.3 Å². The first-order valence-electron chi connectivity index (χ1n) is 7.00. The van der Waals surface area contributed by atoms with Crippen molar-refractivity contribution in [3.63, 3.8) is 0 Å². The Balaban J connectivity index is 1.85. The summed E-state index contributed by atoms with van der Waals surface area (Å²) >= 11 is 0. The van der Waals surface area contributed by atoms with Crippen molar-refractivity contribution >= 4 is 5.91 Å². The molecule has 0 radical (unpaired) electrons. The molecule has 1 atom stereocenters. The van der Waals surface area contributed by atoms with E-state index in [1.54, 1.807) is 0 Å². The summed E-state index contributed by atoms with van der Waals surface area (Å²) in [6.07, 6.45) is -4.39. The van der Waals surface area contributed by atoms with E-state index in [1.807, 2.05) is 37.3 Å². The van der Waals surface area contributed by atoms with Crippen LogP contribution in [-0.4, -0.2) is 12.5 Å². The van der Waals surface area contributed by atoms with Crippen LogP contribution in [0.15, 0.2) is 54.6 Å². The molecule has 1 unspecified atom stereocenters. The lowest BCUT2D eigenvalue weighted by molar-refractivity contribution is -0.137. The minimum Gasteiger partial charge on any atom is -0.484 e. The molecule has 0 aliphatic rings. The van der Waals surface area contributed by atoms with Gasteiger partial charge in [-0.3, -0.25) is 4.79 Å². The number of nitrogens with one attached hydrogen (secondary N) is 1. The molecule has 0 spiro atoms. The van der Waals surface area contributed by atoms with Crippen LogP contribution in [0.4, 0.5) is 13.2 Å². The number of hydrogen-bond acceptors (Lipinski definition) is 2. The normalized spacial score (nSPS) is 12.5. The Labute approximate surface area is 132 Å². The molecule has 0 saturated heterocycles. The van der Waals surface area contributed by atoms with Gasteiger partial charge >= 0.3 is 6.18 Å². The van der Waals surface area contributed by atoms with E-state index in [0.29, 0.717) is 0 Å². The Morgan fingerprint density at radius 3 is 2.26 bits per heavy atom. The molecule has 6 heteroatoms. The summed E-state index contributed by atoms with van der Waals surface area (Å²) in [5, 5.41) is 2.76. The minimum atomic E-state index is -4.39. The van der Waals surface area contributed by atoms with Gasteiger partial charge < -0.3 is 10.1 Å². The first-order chi connectivity index (χ1) is 10.9. The molecule has 122 valence electrons. The van der Waals surface area contributed by atoms with Crippen molar-refractivity contribution in [2.75, 3.05) is 6.61 Å². The van der Waals surface area contributed by atoms with Crippen LogP contribution >= 0.6 is 0 Å². The van der Waals surface area contributed by atoms with E-state index in [9.17, 15) is 18.0 Å². The summed E-state index contributed by atoms with van der Waals surface area (Å²) in [4.78, 5) is 11.8. The van der Waals surface area contributed by atoms with E-state index in [2.05, 4.69) is 5.32 Å². The fourth-order valence-electron chi connectivity index (χ4n) is 2.00. The van der Waals surface area contributed by atoms with Gasteiger partial charge in [0.1, 0.15) is 5.75 Å². The second-order valence-electron chi connectivity index (χ2n) is 5.01. The zero-order chi connectivity index (χ0) is 16.9. The molecule has 0 bridgehead atoms. The lowest BCUT2D eigenvalue weighted by Gasteiger charge is -2.15. The van der Waals surface area contributed by atoms with Gasteiger partial charge in [0.2, 0.25) is 0 Å². The number of rotatable bonds is 5. The number of hydrogen-bond donors (Lipinski definition) is 1. The lowest BCUT2D eigenvalue weighted by Crippen LogP contribution is -2.31. The summed E-state index contributed by atoms with van der Waals surface area (Å²) in [6.45, 7) is 1.58. The lowest BCUT2D eigenvalue weighted by atomic mass is 10.1. The molecule has 3 nitrogen and oxygen atoms in total. The summed E-state index contributed by atoms with van der Waals surface area (Å²) in [7, 11) is 0. The van der Waals surface area contributed by atoms with Crippen molar-refractivity contribution in [3.05, 3.63) is 65.7 Å². The second-order valence-corrected chi connectivity index (χ2v) is 5.01. The minimum absolute atomic E-state index is 0.181. The summed E-state index contributed by atoms with van der Waals surface area (Å²) in [5.41, 5.74) is 0.197. The highest BCUT2D eigenvalue weighted by molar-refractivity contribution is 5.78. The maximum absolute atomic E-state index is 12.4. The predicted molar refractivity (Wildman–Crippen MR) is 79.9 cm³/mol. The summed E-state index contributed by atoms with van der Waals surface area (Å²) in [6, 6.07) is 13.4. The van der Waals surface area contributed by atoms with Crippen LogP contribution in [-0.2, 0) is 11.0 Å². The van der Waals surface area contributed by atoms with Gasteiger partial charge in [-0.15, -0.1) is 0 Å². The Kier molecular flexibility index (Phi) is 5.26. The van der Waals surface area contributed by atoms with Gasteiger partial charge in [0, 0.05) is 0 Å². The molecule has 1 amide bonds. The molecule has 0 aliphatic carbocycles. The van der Waals surface area contributed by atoms with Gasteiger partial charge in [0.05, 0.1) is 11.6 Å². The Bertz CT molecular complexity index is 639. The van der Waals surface area contributed by atoms with E-state index in [0.717, 1.165) is 17.7 Å². The largest absolute Gasteiger partial charge is 0.484 e. The molecule has 0 aliphatic heterocycles. The maximum Gasteiger partial charge on any atom is 0.416 e. The zero-order valence-corrected chi connectivity index (χ0v) is 12.4. The molecule has 2 aromatic carbocycles. The number of alkyl halides is 3. The highest BCUT2D eigenvalue weighted by Gasteiger charge is 2.30. The Morgan fingerprint density at radius 2 is 1.70 bits per heavy atom. The Morgan fingerprint density at radius 1 is 1.09 bits per heavy atom. The third kappa shape index (κ3) is 5.02. The van der Waals surface area contributed by atoms with E-state index in [4.69, 9.17) is 4.74 Å². The molecular formula is C17H16F3NO2. The second kappa shape index (κ2) is 7.17. The molecule has 0 saturated carbocycles. The van der Waals surface area contributed by atoms with Crippen molar-refractivity contribution in [1.29, 1.82) is 0 Å². The first-order valence-corrected chi connectivity index (χ1v) is 7.00. The zero-order valence-electron chi connectivity index (χ0n) is 12.4. The molecule has 2 rings (SSSR count). The number of carbonyl (C=O) groups is 1. The van der Waals surface area contributed by atoms with Crippen molar-refractivity contribution in [2.24, 2.45) is 0 Å². The number of carbonyl (C=O) groups excluding carboxylic acids is 1. The molecule has 23 heavy (non-hydrogen) atoms. The van der Waals surface area contributed by atoms with Crippen LogP contribution in [0.5, 0.6) is 5.75 Å². The molecule has 0 aromatic heterocycles. The van der Waals surface area contributed by atoms with Gasteiger partial charge in [0.25, 0.3) is 5.91 Å². The number of amides is 1. The maximum atomic E-state index is 12.4. The smallest absolute Gasteiger partial charge is 0.416 e. The van der Waals surface area contributed by atoms with Gasteiger partial charge in [-0.25, -0.2) is 0 Å². The molecule has 0 fully saturated rings. The van der Waals surface area contributed by atoms with E-state index < -0.39 is 11.7 Å². The van der Waals surface area contributed by atoms with E-state index >= 15 is 0 Å². The highest BCUT2D eigenvalue weighted by Crippen LogP contribution is 2.30. The van der Waals surface area contributed by atoms with Crippen molar-refractivity contribution in [2.45, 2.75) is 19.1 Å². The standard InChI is InChI=1S/C17H16F3NO2/c1-12(13-5-3-2-4-6-13)21-16(22)11-23-15-9-7-14(8-10-15)17(18,19)20/h2-10,12H,11H2,1H3,(H,21,22). The predicted octanol–water partition coefficient (Wildman–Crippen LogP) is 3.96. The third-order valence-electron chi connectivity index (χ3n) is 3.23. The molecular weight excluding hydrogens is 307 g/mol. The third-order valence-corrected chi connectivity index (χ3v) is 3.23. The van der Waals surface area contributed by atoms with Crippen molar-refractivity contribution in [1.82, 2.24) is 5.32 Å². The first kappa shape index (κ1) is 16.9. The number of halogens is 3. The van der Waals surface area contributed by atoms with Gasteiger partial charge in [-0.05, 0) is 36.8 Å². The molecule has 2 aromatic rings. The van der Waals surface area contributed by atoms with Crippen molar-refractivity contribution < 1.29 is 22.7 Å². The molecule has 1 N–H and O–H groups in total. The van der Waals surface area contributed by atoms with E-state index in [1.165, 1.54) is 12.1 Å². The van der Waals surface area contributed by atoms with Crippen LogP contribution in [0.25, 0.3) is 0 Å². The fraction of sp³-hybridized carbons (Fsp3) is 0.235. The van der Waals surface area contributed by atoms with Crippen LogP contribution in [0.3, 0.4) is 0 Å². The van der Waals surface area contributed by atoms with Crippen LogP contribution in [0.2, 0.25) is 0 Å². The SMILES string of the molecule is CC(NC(=O)COc1ccc(C(F)(F)F)cc1)c1ccccc1. The molecule has 0 heterocycles. The van der Waals surface area contributed by atoms with Gasteiger partial charge in [0.15, 0.2) is 6.61 Å². The highest BCUT2D eigenvalue weighted by atomic mass is 19.4.